The van der Waals surface area contributed by atoms with E-state index in [4.69, 9.17) is 18.9 Å². The SMILES string of the molecule is COc1cc2c(cc1-c1nccn1C1CCOCC1)OCCO2. The number of benzene rings is 1. The van der Waals surface area contributed by atoms with Crippen LogP contribution in [0.3, 0.4) is 0 Å². The van der Waals surface area contributed by atoms with Crippen molar-refractivity contribution in [2.45, 2.75) is 18.9 Å². The predicted molar refractivity (Wildman–Crippen MR) is 84.3 cm³/mol. The summed E-state index contributed by atoms with van der Waals surface area (Å²) in [6.45, 7) is 2.71. The Kier molecular flexibility index (Phi) is 3.83. The summed E-state index contributed by atoms with van der Waals surface area (Å²) in [6, 6.07) is 4.25. The van der Waals surface area contributed by atoms with E-state index in [0.717, 1.165) is 54.7 Å². The highest BCUT2D eigenvalue weighted by molar-refractivity contribution is 5.70. The molecule has 0 unspecified atom stereocenters. The normalized spacial score (nSPS) is 18.0. The quantitative estimate of drug-likeness (QED) is 0.871. The van der Waals surface area contributed by atoms with E-state index in [2.05, 4.69) is 9.55 Å². The minimum atomic E-state index is 0.402. The lowest BCUT2D eigenvalue weighted by Crippen LogP contribution is -2.20. The summed E-state index contributed by atoms with van der Waals surface area (Å²) in [6.07, 6.45) is 5.86. The van der Waals surface area contributed by atoms with Gasteiger partial charge in [-0.05, 0) is 18.9 Å². The lowest BCUT2D eigenvalue weighted by Gasteiger charge is -2.26. The highest BCUT2D eigenvalue weighted by Gasteiger charge is 2.23. The fraction of sp³-hybridized carbons (Fsp3) is 0.471. The number of imidazole rings is 1. The van der Waals surface area contributed by atoms with Gasteiger partial charge in [-0.1, -0.05) is 0 Å². The molecule has 1 saturated heterocycles. The largest absolute Gasteiger partial charge is 0.496 e. The Bertz CT molecular complexity index is 692. The molecule has 0 N–H and O–H groups in total. The molecule has 1 aromatic carbocycles. The maximum atomic E-state index is 5.71. The molecule has 4 rings (SSSR count). The van der Waals surface area contributed by atoms with Crippen molar-refractivity contribution in [3.05, 3.63) is 24.5 Å². The highest BCUT2D eigenvalue weighted by Crippen LogP contribution is 2.41. The molecule has 122 valence electrons. The fourth-order valence-electron chi connectivity index (χ4n) is 3.19. The highest BCUT2D eigenvalue weighted by atomic mass is 16.6. The predicted octanol–water partition coefficient (Wildman–Crippen LogP) is 2.68. The van der Waals surface area contributed by atoms with Gasteiger partial charge < -0.3 is 23.5 Å². The minimum Gasteiger partial charge on any atom is -0.496 e. The van der Waals surface area contributed by atoms with E-state index in [0.29, 0.717) is 19.3 Å². The molecule has 2 aliphatic heterocycles. The van der Waals surface area contributed by atoms with Crippen molar-refractivity contribution in [2.24, 2.45) is 0 Å². The molecule has 23 heavy (non-hydrogen) atoms. The van der Waals surface area contributed by atoms with E-state index >= 15 is 0 Å². The average molecular weight is 316 g/mol. The van der Waals surface area contributed by atoms with Crippen LogP contribution in [-0.4, -0.2) is 43.1 Å². The average Bonchev–Trinajstić information content (AvgIpc) is 3.11. The molecule has 0 atom stereocenters. The Balaban J connectivity index is 1.77. The third-order valence-corrected chi connectivity index (χ3v) is 4.36. The van der Waals surface area contributed by atoms with Gasteiger partial charge >= 0.3 is 0 Å². The van der Waals surface area contributed by atoms with Gasteiger partial charge in [0.1, 0.15) is 24.8 Å². The second kappa shape index (κ2) is 6.12. The summed E-state index contributed by atoms with van der Waals surface area (Å²) in [5.74, 6) is 3.11. The molecular weight excluding hydrogens is 296 g/mol. The second-order valence-electron chi connectivity index (χ2n) is 5.70. The lowest BCUT2D eigenvalue weighted by molar-refractivity contribution is 0.0700. The van der Waals surface area contributed by atoms with Gasteiger partial charge in [-0.25, -0.2) is 4.98 Å². The topological polar surface area (TPSA) is 54.7 Å². The molecule has 6 nitrogen and oxygen atoms in total. The smallest absolute Gasteiger partial charge is 0.165 e. The van der Waals surface area contributed by atoms with Crippen LogP contribution in [0.2, 0.25) is 0 Å². The van der Waals surface area contributed by atoms with Crippen molar-refractivity contribution in [3.8, 4) is 28.6 Å². The summed E-state index contributed by atoms with van der Waals surface area (Å²) >= 11 is 0. The van der Waals surface area contributed by atoms with E-state index in [9.17, 15) is 0 Å². The number of aromatic nitrogens is 2. The first-order valence-electron chi connectivity index (χ1n) is 7.95. The molecule has 0 spiro atoms. The van der Waals surface area contributed by atoms with Crippen molar-refractivity contribution in [2.75, 3.05) is 33.5 Å². The summed E-state index contributed by atoms with van der Waals surface area (Å²) in [5.41, 5.74) is 0.924. The van der Waals surface area contributed by atoms with E-state index in [1.54, 1.807) is 7.11 Å². The monoisotopic (exact) mass is 316 g/mol. The molecule has 6 heteroatoms. The minimum absolute atomic E-state index is 0.402. The van der Waals surface area contributed by atoms with Crippen molar-refractivity contribution >= 4 is 0 Å². The van der Waals surface area contributed by atoms with E-state index < -0.39 is 0 Å². The number of fused-ring (bicyclic) bond motifs is 1. The van der Waals surface area contributed by atoms with E-state index in [-0.39, 0.29) is 0 Å². The number of ether oxygens (including phenoxy) is 4. The maximum absolute atomic E-state index is 5.71. The van der Waals surface area contributed by atoms with E-state index in [1.165, 1.54) is 0 Å². The van der Waals surface area contributed by atoms with Gasteiger partial charge in [0.05, 0.1) is 12.7 Å². The van der Waals surface area contributed by atoms with Crippen LogP contribution in [0.5, 0.6) is 17.2 Å². The van der Waals surface area contributed by atoms with Crippen LogP contribution in [0.1, 0.15) is 18.9 Å². The number of hydrogen-bond acceptors (Lipinski definition) is 5. The molecule has 0 amide bonds. The molecule has 1 aromatic heterocycles. The Morgan fingerprint density at radius 3 is 2.57 bits per heavy atom. The molecule has 0 bridgehead atoms. The molecule has 0 aliphatic carbocycles. The molecule has 2 aromatic rings. The number of hydrogen-bond donors (Lipinski definition) is 0. The van der Waals surface area contributed by atoms with Gasteiger partial charge in [-0.15, -0.1) is 0 Å². The first kappa shape index (κ1) is 14.4. The molecule has 2 aliphatic rings. The number of nitrogens with zero attached hydrogens (tertiary/aromatic N) is 2. The van der Waals surface area contributed by atoms with E-state index in [1.807, 2.05) is 24.5 Å². The molecule has 1 fully saturated rings. The Morgan fingerprint density at radius 1 is 1.09 bits per heavy atom. The van der Waals surface area contributed by atoms with Gasteiger partial charge in [0.2, 0.25) is 0 Å². The van der Waals surface area contributed by atoms with Crippen LogP contribution in [-0.2, 0) is 4.74 Å². The first-order valence-corrected chi connectivity index (χ1v) is 7.95. The third kappa shape index (κ3) is 2.63. The van der Waals surface area contributed by atoms with Crippen molar-refractivity contribution < 1.29 is 18.9 Å². The molecule has 0 saturated carbocycles. The van der Waals surface area contributed by atoms with Gasteiger partial charge in [0, 0.05) is 37.7 Å². The molecular formula is C17H20N2O4. The second-order valence-corrected chi connectivity index (χ2v) is 5.70. The fourth-order valence-corrected chi connectivity index (χ4v) is 3.19. The van der Waals surface area contributed by atoms with Crippen LogP contribution in [0.4, 0.5) is 0 Å². The summed E-state index contributed by atoms with van der Waals surface area (Å²) < 4.78 is 24.6. The number of rotatable bonds is 3. The van der Waals surface area contributed by atoms with Crippen molar-refractivity contribution in [1.82, 2.24) is 9.55 Å². The van der Waals surface area contributed by atoms with Crippen molar-refractivity contribution in [1.29, 1.82) is 0 Å². The van der Waals surface area contributed by atoms with Gasteiger partial charge in [0.25, 0.3) is 0 Å². The summed E-state index contributed by atoms with van der Waals surface area (Å²) in [7, 11) is 1.66. The Hall–Kier alpha value is -2.21. The number of methoxy groups -OCH3 is 1. The van der Waals surface area contributed by atoms with Crippen LogP contribution < -0.4 is 14.2 Å². The zero-order chi connectivity index (χ0) is 15.6. The zero-order valence-electron chi connectivity index (χ0n) is 13.2. The van der Waals surface area contributed by atoms with Crippen molar-refractivity contribution in [3.63, 3.8) is 0 Å². The third-order valence-electron chi connectivity index (χ3n) is 4.36. The lowest BCUT2D eigenvalue weighted by atomic mass is 10.1. The maximum Gasteiger partial charge on any atom is 0.165 e. The Morgan fingerprint density at radius 2 is 1.83 bits per heavy atom. The Labute approximate surface area is 134 Å². The molecule has 3 heterocycles. The van der Waals surface area contributed by atoms with Crippen LogP contribution >= 0.6 is 0 Å². The first-order chi connectivity index (χ1) is 11.4. The standard InChI is InChI=1S/C17H20N2O4/c1-20-14-11-16-15(22-8-9-23-16)10-13(14)17-18-4-5-19(17)12-2-6-21-7-3-12/h4-5,10-12H,2-3,6-9H2,1H3. The molecule has 0 radical (unpaired) electrons. The van der Waals surface area contributed by atoms with Gasteiger partial charge in [-0.3, -0.25) is 0 Å². The summed E-state index contributed by atoms with van der Waals surface area (Å²) in [5, 5.41) is 0. The van der Waals surface area contributed by atoms with Crippen LogP contribution in [0, 0.1) is 0 Å². The van der Waals surface area contributed by atoms with Gasteiger partial charge in [0.15, 0.2) is 11.5 Å². The zero-order valence-corrected chi connectivity index (χ0v) is 13.2. The van der Waals surface area contributed by atoms with Gasteiger partial charge in [-0.2, -0.15) is 0 Å². The van der Waals surface area contributed by atoms with Crippen LogP contribution in [0.25, 0.3) is 11.4 Å². The van der Waals surface area contributed by atoms with Crippen LogP contribution in [0.15, 0.2) is 24.5 Å². The summed E-state index contributed by atoms with van der Waals surface area (Å²) in [4.78, 5) is 4.56.